The standard InChI is InChI=1S/C23H14FN7/c24-15-3-1-14(2-4-15)19-20-17(9-12-26-19)28-23(29-20)22-21-18(30-31-22)6-5-16(27-21)13-7-10-25-11-8-13/h1-12H,(H,28,29)(H,30,31). The summed E-state index contributed by atoms with van der Waals surface area (Å²) in [5, 5.41) is 7.47. The predicted molar refractivity (Wildman–Crippen MR) is 115 cm³/mol. The van der Waals surface area contributed by atoms with Crippen molar-refractivity contribution < 1.29 is 4.39 Å². The maximum absolute atomic E-state index is 13.3. The van der Waals surface area contributed by atoms with Crippen molar-refractivity contribution in [1.82, 2.24) is 35.1 Å². The lowest BCUT2D eigenvalue weighted by molar-refractivity contribution is 0.628. The molecule has 0 spiro atoms. The third-order valence-electron chi connectivity index (χ3n) is 5.13. The molecule has 0 aliphatic heterocycles. The SMILES string of the molecule is Fc1ccc(-c2nccc3[nH]c(-c4n[nH]c5ccc(-c6ccncc6)nc45)nc23)cc1. The fourth-order valence-corrected chi connectivity index (χ4v) is 3.61. The highest BCUT2D eigenvalue weighted by Gasteiger charge is 2.17. The van der Waals surface area contributed by atoms with Crippen LogP contribution in [0.5, 0.6) is 0 Å². The summed E-state index contributed by atoms with van der Waals surface area (Å²) >= 11 is 0. The van der Waals surface area contributed by atoms with Crippen LogP contribution in [0.15, 0.2) is 73.2 Å². The molecule has 0 saturated carbocycles. The van der Waals surface area contributed by atoms with Crippen molar-refractivity contribution in [1.29, 1.82) is 0 Å². The monoisotopic (exact) mass is 407 g/mol. The Morgan fingerprint density at radius 1 is 0.677 bits per heavy atom. The van der Waals surface area contributed by atoms with Crippen LogP contribution in [0.2, 0.25) is 0 Å². The molecule has 6 rings (SSSR count). The summed E-state index contributed by atoms with van der Waals surface area (Å²) in [6.07, 6.45) is 5.17. The van der Waals surface area contributed by atoms with Crippen molar-refractivity contribution in [2.24, 2.45) is 0 Å². The average Bonchev–Trinajstić information content (AvgIpc) is 3.43. The number of hydrogen-bond donors (Lipinski definition) is 2. The number of imidazole rings is 1. The number of rotatable bonds is 3. The van der Waals surface area contributed by atoms with E-state index in [1.807, 2.05) is 30.3 Å². The molecule has 5 aromatic heterocycles. The summed E-state index contributed by atoms with van der Waals surface area (Å²) in [6.45, 7) is 0. The van der Waals surface area contributed by atoms with Gasteiger partial charge in [0.15, 0.2) is 11.5 Å². The van der Waals surface area contributed by atoms with Gasteiger partial charge in [0, 0.05) is 29.7 Å². The first kappa shape index (κ1) is 17.4. The zero-order valence-electron chi connectivity index (χ0n) is 16.0. The number of aromatic amines is 2. The molecule has 0 aliphatic carbocycles. The topological polar surface area (TPSA) is 96.0 Å². The van der Waals surface area contributed by atoms with Crippen LogP contribution >= 0.6 is 0 Å². The lowest BCUT2D eigenvalue weighted by atomic mass is 10.1. The van der Waals surface area contributed by atoms with Gasteiger partial charge in [-0.15, -0.1) is 0 Å². The van der Waals surface area contributed by atoms with E-state index in [0.29, 0.717) is 28.2 Å². The normalized spacial score (nSPS) is 11.4. The third kappa shape index (κ3) is 2.93. The van der Waals surface area contributed by atoms with E-state index < -0.39 is 0 Å². The molecule has 0 saturated heterocycles. The van der Waals surface area contributed by atoms with Crippen molar-refractivity contribution in [3.8, 4) is 34.0 Å². The fraction of sp³-hybridized carbons (Fsp3) is 0. The Kier molecular flexibility index (Phi) is 3.82. The zero-order valence-corrected chi connectivity index (χ0v) is 16.0. The summed E-state index contributed by atoms with van der Waals surface area (Å²) in [5.74, 6) is 0.287. The number of nitrogens with zero attached hydrogens (tertiary/aromatic N) is 5. The molecular formula is C23H14FN7. The van der Waals surface area contributed by atoms with Gasteiger partial charge in [0.25, 0.3) is 0 Å². The molecule has 0 bridgehead atoms. The molecule has 5 heterocycles. The zero-order chi connectivity index (χ0) is 20.8. The van der Waals surface area contributed by atoms with E-state index in [2.05, 4.69) is 25.1 Å². The molecule has 0 unspecified atom stereocenters. The van der Waals surface area contributed by atoms with E-state index in [9.17, 15) is 4.39 Å². The van der Waals surface area contributed by atoms with Crippen LogP contribution in [0.1, 0.15) is 0 Å². The number of hydrogen-bond acceptors (Lipinski definition) is 5. The highest BCUT2D eigenvalue weighted by molar-refractivity contribution is 5.95. The Morgan fingerprint density at radius 2 is 1.48 bits per heavy atom. The van der Waals surface area contributed by atoms with Gasteiger partial charge in [-0.25, -0.2) is 14.4 Å². The van der Waals surface area contributed by atoms with Gasteiger partial charge in [-0.05, 0) is 54.6 Å². The second kappa shape index (κ2) is 6.81. The van der Waals surface area contributed by atoms with Crippen molar-refractivity contribution >= 4 is 22.1 Å². The van der Waals surface area contributed by atoms with Crippen LogP contribution in [0.3, 0.4) is 0 Å². The molecule has 0 amide bonds. The number of fused-ring (bicyclic) bond motifs is 2. The lowest BCUT2D eigenvalue weighted by Gasteiger charge is -2.01. The van der Waals surface area contributed by atoms with Gasteiger partial charge in [0.2, 0.25) is 0 Å². The quantitative estimate of drug-likeness (QED) is 0.441. The minimum Gasteiger partial charge on any atom is -0.336 e. The number of benzene rings is 1. The molecule has 148 valence electrons. The van der Waals surface area contributed by atoms with Crippen LogP contribution in [-0.2, 0) is 0 Å². The largest absolute Gasteiger partial charge is 0.336 e. The first-order valence-corrected chi connectivity index (χ1v) is 9.63. The third-order valence-corrected chi connectivity index (χ3v) is 5.13. The first-order valence-electron chi connectivity index (χ1n) is 9.63. The van der Waals surface area contributed by atoms with E-state index in [1.54, 1.807) is 30.7 Å². The van der Waals surface area contributed by atoms with Crippen LogP contribution in [0.25, 0.3) is 56.1 Å². The molecule has 31 heavy (non-hydrogen) atoms. The summed E-state index contributed by atoms with van der Waals surface area (Å²) in [7, 11) is 0. The maximum Gasteiger partial charge on any atom is 0.161 e. The second-order valence-electron chi connectivity index (χ2n) is 7.05. The highest BCUT2D eigenvalue weighted by atomic mass is 19.1. The summed E-state index contributed by atoms with van der Waals surface area (Å²) in [6, 6.07) is 15.8. The number of halogens is 1. The summed E-state index contributed by atoms with van der Waals surface area (Å²) < 4.78 is 13.3. The van der Waals surface area contributed by atoms with E-state index >= 15 is 0 Å². The average molecular weight is 407 g/mol. The van der Waals surface area contributed by atoms with E-state index in [1.165, 1.54) is 12.1 Å². The minimum absolute atomic E-state index is 0.294. The van der Waals surface area contributed by atoms with Gasteiger partial charge in [-0.2, -0.15) is 5.10 Å². The molecule has 7 nitrogen and oxygen atoms in total. The van der Waals surface area contributed by atoms with Crippen LogP contribution in [-0.4, -0.2) is 35.1 Å². The van der Waals surface area contributed by atoms with Gasteiger partial charge >= 0.3 is 0 Å². The van der Waals surface area contributed by atoms with Gasteiger partial charge in [-0.1, -0.05) is 0 Å². The Balaban J connectivity index is 1.51. The Hall–Kier alpha value is -4.46. The van der Waals surface area contributed by atoms with Crippen LogP contribution < -0.4 is 0 Å². The van der Waals surface area contributed by atoms with E-state index in [4.69, 9.17) is 9.97 Å². The van der Waals surface area contributed by atoms with Gasteiger partial charge in [0.05, 0.1) is 22.4 Å². The number of aromatic nitrogens is 7. The minimum atomic E-state index is -0.294. The molecule has 2 N–H and O–H groups in total. The van der Waals surface area contributed by atoms with Crippen LogP contribution in [0, 0.1) is 5.82 Å². The second-order valence-corrected chi connectivity index (χ2v) is 7.05. The molecule has 6 aromatic rings. The first-order chi connectivity index (χ1) is 15.3. The Labute approximate surface area is 175 Å². The summed E-state index contributed by atoms with van der Waals surface area (Å²) in [5.41, 5.74) is 6.89. The molecule has 0 atom stereocenters. The van der Waals surface area contributed by atoms with Crippen LogP contribution in [0.4, 0.5) is 4.39 Å². The molecule has 0 fully saturated rings. The maximum atomic E-state index is 13.3. The van der Waals surface area contributed by atoms with Gasteiger partial charge < -0.3 is 4.98 Å². The van der Waals surface area contributed by atoms with Gasteiger partial charge in [-0.3, -0.25) is 15.1 Å². The lowest BCUT2D eigenvalue weighted by Crippen LogP contribution is -1.87. The molecular weight excluding hydrogens is 393 g/mol. The number of nitrogens with one attached hydrogen (secondary N) is 2. The predicted octanol–water partition coefficient (Wildman–Crippen LogP) is 4.76. The van der Waals surface area contributed by atoms with E-state index in [0.717, 1.165) is 27.9 Å². The molecule has 0 aliphatic rings. The van der Waals surface area contributed by atoms with Crippen molar-refractivity contribution in [3.05, 3.63) is 79.0 Å². The summed E-state index contributed by atoms with van der Waals surface area (Å²) in [4.78, 5) is 21.4. The molecule has 8 heteroatoms. The van der Waals surface area contributed by atoms with Crippen molar-refractivity contribution in [2.75, 3.05) is 0 Å². The highest BCUT2D eigenvalue weighted by Crippen LogP contribution is 2.30. The number of H-pyrrole nitrogens is 2. The van der Waals surface area contributed by atoms with Gasteiger partial charge in [0.1, 0.15) is 16.9 Å². The fourth-order valence-electron chi connectivity index (χ4n) is 3.61. The number of pyridine rings is 3. The Morgan fingerprint density at radius 3 is 2.32 bits per heavy atom. The Bertz CT molecular complexity index is 1540. The van der Waals surface area contributed by atoms with E-state index in [-0.39, 0.29) is 5.82 Å². The molecule has 0 radical (unpaired) electrons. The van der Waals surface area contributed by atoms with Crippen molar-refractivity contribution in [2.45, 2.75) is 0 Å². The molecule has 1 aromatic carbocycles. The smallest absolute Gasteiger partial charge is 0.161 e. The van der Waals surface area contributed by atoms with Crippen molar-refractivity contribution in [3.63, 3.8) is 0 Å².